The summed E-state index contributed by atoms with van der Waals surface area (Å²) in [6.07, 6.45) is 12.7. The van der Waals surface area contributed by atoms with Gasteiger partial charge >= 0.3 is 0 Å². The summed E-state index contributed by atoms with van der Waals surface area (Å²) in [7, 11) is 0. The van der Waals surface area contributed by atoms with Gasteiger partial charge in [0, 0.05) is 10.8 Å². The number of hydrogen-bond donors (Lipinski definition) is 1. The van der Waals surface area contributed by atoms with Gasteiger partial charge in [0.05, 0.1) is 6.61 Å². The van der Waals surface area contributed by atoms with Crippen LogP contribution < -0.4 is 0 Å². The Bertz CT molecular complexity index is 624. The molecule has 0 aromatic heterocycles. The third kappa shape index (κ3) is 1.79. The van der Waals surface area contributed by atoms with Crippen LogP contribution in [0.25, 0.3) is 0 Å². The summed E-state index contributed by atoms with van der Waals surface area (Å²) in [5, 5.41) is 9.84. The second kappa shape index (κ2) is 4.67. The lowest BCUT2D eigenvalue weighted by atomic mass is 9.53. The van der Waals surface area contributed by atoms with Crippen LogP contribution in [-0.2, 0) is 4.79 Å². The third-order valence-electron chi connectivity index (χ3n) is 7.15. The van der Waals surface area contributed by atoms with Crippen LogP contribution in [0.4, 0.5) is 0 Å². The van der Waals surface area contributed by atoms with Crippen molar-refractivity contribution >= 4 is 5.78 Å². The van der Waals surface area contributed by atoms with Gasteiger partial charge in [0.1, 0.15) is 0 Å². The average Bonchev–Trinajstić information content (AvgIpc) is 2.86. The van der Waals surface area contributed by atoms with Gasteiger partial charge in [0.15, 0.2) is 5.78 Å². The normalized spacial score (nSPS) is 43.6. The van der Waals surface area contributed by atoms with Gasteiger partial charge in [-0.1, -0.05) is 36.6 Å². The molecule has 0 unspecified atom stereocenters. The number of carbonyl (C=O) groups excluding carboxylic acids is 1. The van der Waals surface area contributed by atoms with Gasteiger partial charge in [0.2, 0.25) is 0 Å². The minimum Gasteiger partial charge on any atom is -0.395 e. The topological polar surface area (TPSA) is 37.3 Å². The Morgan fingerprint density at radius 2 is 2.05 bits per heavy atom. The quantitative estimate of drug-likeness (QED) is 0.744. The first kappa shape index (κ1) is 14.4. The van der Waals surface area contributed by atoms with Gasteiger partial charge in [-0.05, 0) is 62.5 Å². The summed E-state index contributed by atoms with van der Waals surface area (Å²) in [6.45, 7) is 4.87. The molecule has 0 aromatic rings. The second-order valence-corrected chi connectivity index (χ2v) is 8.20. The van der Waals surface area contributed by atoms with E-state index in [9.17, 15) is 9.90 Å². The molecule has 0 spiro atoms. The lowest BCUT2D eigenvalue weighted by molar-refractivity contribution is -0.110. The van der Waals surface area contributed by atoms with Crippen molar-refractivity contribution in [3.63, 3.8) is 0 Å². The minimum atomic E-state index is 0.0374. The summed E-state index contributed by atoms with van der Waals surface area (Å²) in [5.74, 6) is 1.46. The molecule has 4 atom stereocenters. The van der Waals surface area contributed by atoms with E-state index in [2.05, 4.69) is 19.9 Å². The Hall–Kier alpha value is -1.15. The number of hydrogen-bond acceptors (Lipinski definition) is 2. The molecule has 4 aliphatic rings. The van der Waals surface area contributed by atoms with E-state index in [0.717, 1.165) is 19.3 Å². The first-order valence-corrected chi connectivity index (χ1v) is 8.75. The van der Waals surface area contributed by atoms with E-state index >= 15 is 0 Å². The Morgan fingerprint density at radius 1 is 1.23 bits per heavy atom. The molecule has 0 aromatic carbocycles. The fourth-order valence-electron chi connectivity index (χ4n) is 5.73. The minimum absolute atomic E-state index is 0.0374. The molecule has 1 saturated carbocycles. The number of rotatable bonds is 1. The number of ketones is 1. The van der Waals surface area contributed by atoms with Crippen LogP contribution >= 0.6 is 0 Å². The van der Waals surface area contributed by atoms with Gasteiger partial charge in [-0.3, -0.25) is 4.79 Å². The molecule has 4 rings (SSSR count). The van der Waals surface area contributed by atoms with Crippen LogP contribution in [-0.4, -0.2) is 17.5 Å². The van der Waals surface area contributed by atoms with Crippen molar-refractivity contribution in [3.8, 4) is 0 Å². The fourth-order valence-corrected chi connectivity index (χ4v) is 5.73. The van der Waals surface area contributed by atoms with Crippen LogP contribution in [0.5, 0.6) is 0 Å². The molecule has 22 heavy (non-hydrogen) atoms. The van der Waals surface area contributed by atoms with E-state index in [-0.39, 0.29) is 16.6 Å². The second-order valence-electron chi connectivity index (χ2n) is 8.20. The molecule has 0 amide bonds. The van der Waals surface area contributed by atoms with E-state index in [1.54, 1.807) is 17.2 Å². The molecule has 0 saturated heterocycles. The van der Waals surface area contributed by atoms with Crippen molar-refractivity contribution in [3.05, 3.63) is 34.9 Å². The zero-order chi connectivity index (χ0) is 15.5. The monoisotopic (exact) mass is 298 g/mol. The van der Waals surface area contributed by atoms with Crippen molar-refractivity contribution in [2.45, 2.75) is 52.4 Å². The predicted molar refractivity (Wildman–Crippen MR) is 87.2 cm³/mol. The van der Waals surface area contributed by atoms with Gasteiger partial charge in [-0.2, -0.15) is 0 Å². The SMILES string of the molecule is C[C@@]1(CO)CCC2=C1CC[C@H]1[C@H]2CCC2=CC(=O)C=C[C@@]21C. The van der Waals surface area contributed by atoms with Crippen molar-refractivity contribution in [2.75, 3.05) is 6.61 Å². The van der Waals surface area contributed by atoms with Crippen LogP contribution in [0.1, 0.15) is 52.4 Å². The molecular weight excluding hydrogens is 272 g/mol. The van der Waals surface area contributed by atoms with Crippen molar-refractivity contribution in [1.29, 1.82) is 0 Å². The van der Waals surface area contributed by atoms with Gasteiger partial charge < -0.3 is 5.11 Å². The van der Waals surface area contributed by atoms with E-state index in [1.807, 2.05) is 6.08 Å². The molecule has 4 aliphatic carbocycles. The predicted octanol–water partition coefficient (Wildman–Crippen LogP) is 3.97. The van der Waals surface area contributed by atoms with Gasteiger partial charge in [0.25, 0.3) is 0 Å². The average molecular weight is 298 g/mol. The van der Waals surface area contributed by atoms with Crippen LogP contribution in [0.15, 0.2) is 34.9 Å². The fraction of sp³-hybridized carbons (Fsp3) is 0.650. The van der Waals surface area contributed by atoms with Crippen molar-refractivity contribution in [1.82, 2.24) is 0 Å². The molecule has 0 radical (unpaired) electrons. The van der Waals surface area contributed by atoms with E-state index < -0.39 is 0 Å². The van der Waals surface area contributed by atoms with Crippen LogP contribution in [0.3, 0.4) is 0 Å². The summed E-state index contributed by atoms with van der Waals surface area (Å²) >= 11 is 0. The van der Waals surface area contributed by atoms with Crippen LogP contribution in [0, 0.1) is 22.7 Å². The largest absolute Gasteiger partial charge is 0.395 e. The molecule has 0 heterocycles. The first-order chi connectivity index (χ1) is 10.5. The lowest BCUT2D eigenvalue weighted by Crippen LogP contribution is -2.42. The molecular formula is C20H26O2. The van der Waals surface area contributed by atoms with E-state index in [0.29, 0.717) is 18.4 Å². The Labute approximate surface area is 133 Å². The molecule has 1 N–H and O–H groups in total. The van der Waals surface area contributed by atoms with E-state index in [1.165, 1.54) is 24.8 Å². The summed E-state index contributed by atoms with van der Waals surface area (Å²) in [6, 6.07) is 0. The highest BCUT2D eigenvalue weighted by molar-refractivity contribution is 6.01. The molecule has 2 nitrogen and oxygen atoms in total. The maximum Gasteiger partial charge on any atom is 0.178 e. The standard InChI is InChI=1S/C20H26O2/c1-19(12-21)9-8-16-15-4-3-13-11-14(22)7-10-20(13,2)18(15)6-5-17(16)19/h7,10-11,15,18,21H,3-6,8-9,12H2,1-2H3/t15-,18-,19-,20-/m0/s1. The third-order valence-corrected chi connectivity index (χ3v) is 7.15. The summed E-state index contributed by atoms with van der Waals surface area (Å²) in [5.41, 5.74) is 4.71. The highest BCUT2D eigenvalue weighted by Gasteiger charge is 2.51. The molecule has 118 valence electrons. The highest BCUT2D eigenvalue weighted by atomic mass is 16.3. The maximum atomic E-state index is 11.7. The first-order valence-electron chi connectivity index (χ1n) is 8.75. The smallest absolute Gasteiger partial charge is 0.178 e. The van der Waals surface area contributed by atoms with Crippen molar-refractivity contribution in [2.24, 2.45) is 22.7 Å². The van der Waals surface area contributed by atoms with Crippen molar-refractivity contribution < 1.29 is 9.90 Å². The lowest BCUT2D eigenvalue weighted by Gasteiger charge is -2.51. The summed E-state index contributed by atoms with van der Waals surface area (Å²) < 4.78 is 0. The maximum absolute atomic E-state index is 11.7. The molecule has 0 bridgehead atoms. The number of carbonyl (C=O) groups is 1. The number of fused-ring (bicyclic) bond motifs is 4. The highest BCUT2D eigenvalue weighted by Crippen LogP contribution is 2.61. The zero-order valence-electron chi connectivity index (χ0n) is 13.7. The molecule has 2 heteroatoms. The molecule has 1 fully saturated rings. The van der Waals surface area contributed by atoms with E-state index in [4.69, 9.17) is 0 Å². The Balaban J connectivity index is 1.73. The number of allylic oxidation sites excluding steroid dienone is 5. The van der Waals surface area contributed by atoms with Gasteiger partial charge in [-0.25, -0.2) is 0 Å². The van der Waals surface area contributed by atoms with Gasteiger partial charge in [-0.15, -0.1) is 0 Å². The molecule has 0 aliphatic heterocycles. The van der Waals surface area contributed by atoms with Crippen LogP contribution in [0.2, 0.25) is 0 Å². The number of aliphatic hydroxyl groups is 1. The Kier molecular flexibility index (Phi) is 3.07. The zero-order valence-corrected chi connectivity index (χ0v) is 13.7. The summed E-state index contributed by atoms with van der Waals surface area (Å²) in [4.78, 5) is 11.7. The number of aliphatic hydroxyl groups excluding tert-OH is 1. The Morgan fingerprint density at radius 3 is 2.82 bits per heavy atom.